The molecule has 1 fully saturated rings. The molecule has 5 heteroatoms. The number of hydrogen-bond donors (Lipinski definition) is 2. The van der Waals surface area contributed by atoms with Crippen molar-refractivity contribution in [1.82, 2.24) is 10.3 Å². The van der Waals surface area contributed by atoms with Gasteiger partial charge in [0.15, 0.2) is 0 Å². The number of aliphatic hydroxyl groups excluding tert-OH is 1. The van der Waals surface area contributed by atoms with Crippen molar-refractivity contribution in [1.29, 1.82) is 5.26 Å². The first kappa shape index (κ1) is 13.5. The first-order valence-corrected chi connectivity index (χ1v) is 6.52. The molecule has 1 aromatic rings. The highest BCUT2D eigenvalue weighted by Crippen LogP contribution is 2.24. The fraction of sp³-hybridized carbons (Fsp3) is 0.500. The van der Waals surface area contributed by atoms with E-state index in [1.165, 1.54) is 6.20 Å². The summed E-state index contributed by atoms with van der Waals surface area (Å²) in [4.78, 5) is 16.0. The van der Waals surface area contributed by atoms with E-state index < -0.39 is 0 Å². The quantitative estimate of drug-likeness (QED) is 0.855. The number of nitrogens with zero attached hydrogens (tertiary/aromatic N) is 2. The molecular weight excluding hydrogens is 242 g/mol. The van der Waals surface area contributed by atoms with Crippen LogP contribution in [0.2, 0.25) is 0 Å². The van der Waals surface area contributed by atoms with E-state index >= 15 is 0 Å². The topological polar surface area (TPSA) is 86.0 Å². The summed E-state index contributed by atoms with van der Waals surface area (Å²) >= 11 is 0. The van der Waals surface area contributed by atoms with Gasteiger partial charge < -0.3 is 10.4 Å². The molecule has 1 aromatic heterocycles. The van der Waals surface area contributed by atoms with Crippen molar-refractivity contribution in [2.75, 3.05) is 6.61 Å². The Balaban J connectivity index is 2.01. The molecule has 0 radical (unpaired) electrons. The molecule has 2 atom stereocenters. The zero-order valence-corrected chi connectivity index (χ0v) is 10.7. The molecule has 1 amide bonds. The largest absolute Gasteiger partial charge is 0.396 e. The first-order valence-electron chi connectivity index (χ1n) is 6.52. The summed E-state index contributed by atoms with van der Waals surface area (Å²) in [7, 11) is 0. The van der Waals surface area contributed by atoms with Gasteiger partial charge in [0.25, 0.3) is 5.91 Å². The first-order chi connectivity index (χ1) is 9.24. The fourth-order valence-electron chi connectivity index (χ4n) is 2.45. The number of nitriles is 1. The van der Waals surface area contributed by atoms with Gasteiger partial charge in [0.1, 0.15) is 11.8 Å². The summed E-state index contributed by atoms with van der Waals surface area (Å²) in [5.41, 5.74) is 0.740. The fourth-order valence-corrected chi connectivity index (χ4v) is 2.45. The minimum atomic E-state index is -0.241. The molecule has 2 rings (SSSR count). The van der Waals surface area contributed by atoms with Crippen molar-refractivity contribution < 1.29 is 9.90 Å². The third kappa shape index (κ3) is 3.30. The van der Waals surface area contributed by atoms with Crippen molar-refractivity contribution in [3.05, 3.63) is 29.6 Å². The molecule has 1 heterocycles. The number of nitrogens with one attached hydrogen (secondary N) is 1. The Bertz CT molecular complexity index is 478. The molecule has 1 aliphatic rings. The molecule has 0 saturated heterocycles. The smallest absolute Gasteiger partial charge is 0.270 e. The molecule has 5 nitrogen and oxygen atoms in total. The van der Waals surface area contributed by atoms with E-state index in [1.807, 2.05) is 6.07 Å². The van der Waals surface area contributed by atoms with E-state index in [2.05, 4.69) is 10.3 Å². The normalized spacial score (nSPS) is 22.5. The molecule has 2 unspecified atom stereocenters. The molecule has 0 spiro atoms. The van der Waals surface area contributed by atoms with E-state index in [0.29, 0.717) is 11.3 Å². The van der Waals surface area contributed by atoms with Crippen LogP contribution in [0.15, 0.2) is 18.3 Å². The van der Waals surface area contributed by atoms with Crippen molar-refractivity contribution in [2.24, 2.45) is 5.92 Å². The maximum Gasteiger partial charge on any atom is 0.270 e. The molecular formula is C14H17N3O2. The highest BCUT2D eigenvalue weighted by Gasteiger charge is 2.26. The minimum absolute atomic E-state index is 0.0173. The third-order valence-corrected chi connectivity index (χ3v) is 3.59. The second-order valence-corrected chi connectivity index (χ2v) is 4.85. The van der Waals surface area contributed by atoms with Gasteiger partial charge in [-0.3, -0.25) is 4.79 Å². The molecule has 2 N–H and O–H groups in total. The van der Waals surface area contributed by atoms with Crippen LogP contribution >= 0.6 is 0 Å². The predicted molar refractivity (Wildman–Crippen MR) is 69.3 cm³/mol. The van der Waals surface area contributed by atoms with Gasteiger partial charge in [0, 0.05) is 24.8 Å². The van der Waals surface area contributed by atoms with E-state index in [4.69, 9.17) is 5.26 Å². The van der Waals surface area contributed by atoms with Crippen molar-refractivity contribution in [3.8, 4) is 6.07 Å². The van der Waals surface area contributed by atoms with Crippen LogP contribution in [0.1, 0.15) is 41.7 Å². The standard InChI is InChI=1S/C14H17N3O2/c15-7-10-5-6-13(16-8-10)14(19)17-12-4-2-1-3-11(12)9-18/h5-6,8,11-12,18H,1-4,9H2,(H,17,19). The van der Waals surface area contributed by atoms with Crippen LogP contribution in [0.4, 0.5) is 0 Å². The number of rotatable bonds is 3. The molecule has 1 aliphatic carbocycles. The molecule has 0 aromatic carbocycles. The maximum atomic E-state index is 12.0. The Morgan fingerprint density at radius 1 is 1.47 bits per heavy atom. The Morgan fingerprint density at radius 3 is 2.89 bits per heavy atom. The highest BCUT2D eigenvalue weighted by molar-refractivity contribution is 5.92. The Hall–Kier alpha value is -1.93. The van der Waals surface area contributed by atoms with Crippen molar-refractivity contribution in [2.45, 2.75) is 31.7 Å². The van der Waals surface area contributed by atoms with Gasteiger partial charge in [-0.2, -0.15) is 5.26 Å². The molecule has 0 aliphatic heterocycles. The summed E-state index contributed by atoms with van der Waals surface area (Å²) in [6, 6.07) is 5.10. The van der Waals surface area contributed by atoms with Crippen molar-refractivity contribution >= 4 is 5.91 Å². The van der Waals surface area contributed by atoms with E-state index in [9.17, 15) is 9.90 Å². The molecule has 0 bridgehead atoms. The zero-order valence-electron chi connectivity index (χ0n) is 10.7. The molecule has 100 valence electrons. The monoisotopic (exact) mass is 259 g/mol. The van der Waals surface area contributed by atoms with Crippen LogP contribution in [0.3, 0.4) is 0 Å². The third-order valence-electron chi connectivity index (χ3n) is 3.59. The lowest BCUT2D eigenvalue weighted by atomic mass is 9.85. The number of carbonyl (C=O) groups is 1. The Labute approximate surface area is 112 Å². The average Bonchev–Trinajstić information content (AvgIpc) is 2.48. The summed E-state index contributed by atoms with van der Waals surface area (Å²) < 4.78 is 0. The lowest BCUT2D eigenvalue weighted by Gasteiger charge is -2.30. The number of aromatic nitrogens is 1. The van der Waals surface area contributed by atoms with Gasteiger partial charge in [-0.05, 0) is 25.0 Å². The van der Waals surface area contributed by atoms with Gasteiger partial charge in [-0.15, -0.1) is 0 Å². The molecule has 19 heavy (non-hydrogen) atoms. The van der Waals surface area contributed by atoms with Gasteiger partial charge >= 0.3 is 0 Å². The van der Waals surface area contributed by atoms with Crippen LogP contribution in [-0.4, -0.2) is 28.6 Å². The number of hydrogen-bond acceptors (Lipinski definition) is 4. The maximum absolute atomic E-state index is 12.0. The second kappa shape index (κ2) is 6.30. The Morgan fingerprint density at radius 2 is 2.26 bits per heavy atom. The Kier molecular flexibility index (Phi) is 4.48. The van der Waals surface area contributed by atoms with Gasteiger partial charge in [-0.25, -0.2) is 4.98 Å². The summed E-state index contributed by atoms with van der Waals surface area (Å²) in [5, 5.41) is 20.9. The predicted octanol–water partition coefficient (Wildman–Crippen LogP) is 1.23. The lowest BCUT2D eigenvalue weighted by Crippen LogP contribution is -2.43. The van der Waals surface area contributed by atoms with Crippen LogP contribution in [-0.2, 0) is 0 Å². The summed E-state index contributed by atoms with van der Waals surface area (Å²) in [5.74, 6) is -0.106. The second-order valence-electron chi connectivity index (χ2n) is 4.85. The van der Waals surface area contributed by atoms with Crippen molar-refractivity contribution in [3.63, 3.8) is 0 Å². The van der Waals surface area contributed by atoms with Gasteiger partial charge in [0.05, 0.1) is 5.56 Å². The summed E-state index contributed by atoms with van der Waals surface area (Å²) in [6.07, 6.45) is 5.41. The minimum Gasteiger partial charge on any atom is -0.396 e. The molecule has 1 saturated carbocycles. The van der Waals surface area contributed by atoms with E-state index in [1.54, 1.807) is 12.1 Å². The SMILES string of the molecule is N#Cc1ccc(C(=O)NC2CCCCC2CO)nc1. The summed E-state index contributed by atoms with van der Waals surface area (Å²) in [6.45, 7) is 0.103. The highest BCUT2D eigenvalue weighted by atomic mass is 16.3. The zero-order chi connectivity index (χ0) is 13.7. The number of aliphatic hydroxyl groups is 1. The lowest BCUT2D eigenvalue weighted by molar-refractivity contribution is 0.0867. The van der Waals surface area contributed by atoms with E-state index in [0.717, 1.165) is 25.7 Å². The number of amides is 1. The van der Waals surface area contributed by atoms with Crippen LogP contribution in [0.25, 0.3) is 0 Å². The van der Waals surface area contributed by atoms with Crippen LogP contribution in [0.5, 0.6) is 0 Å². The van der Waals surface area contributed by atoms with Gasteiger partial charge in [-0.1, -0.05) is 12.8 Å². The van der Waals surface area contributed by atoms with E-state index in [-0.39, 0.29) is 24.5 Å². The average molecular weight is 259 g/mol. The number of pyridine rings is 1. The van der Waals surface area contributed by atoms with Crippen LogP contribution in [0, 0.1) is 17.2 Å². The van der Waals surface area contributed by atoms with Gasteiger partial charge in [0.2, 0.25) is 0 Å². The number of carbonyl (C=O) groups excluding carboxylic acids is 1. The van der Waals surface area contributed by atoms with Crippen LogP contribution < -0.4 is 5.32 Å².